The summed E-state index contributed by atoms with van der Waals surface area (Å²) in [5.41, 5.74) is 2.19. The first-order chi connectivity index (χ1) is 10.8. The number of unbranched alkanes of at least 4 members (excludes halogenated alkanes) is 2. The van der Waals surface area contributed by atoms with Gasteiger partial charge in [0.25, 0.3) is 0 Å². The van der Waals surface area contributed by atoms with Crippen molar-refractivity contribution in [1.82, 2.24) is 0 Å². The van der Waals surface area contributed by atoms with Crippen molar-refractivity contribution in [2.75, 3.05) is 17.4 Å². The van der Waals surface area contributed by atoms with Crippen LogP contribution in [0.15, 0.2) is 60.0 Å². The van der Waals surface area contributed by atoms with Gasteiger partial charge in [-0.15, -0.1) is 0 Å². The predicted molar refractivity (Wildman–Crippen MR) is 96.7 cm³/mol. The van der Waals surface area contributed by atoms with Crippen LogP contribution in [0.5, 0.6) is 0 Å². The van der Waals surface area contributed by atoms with Gasteiger partial charge in [0.05, 0.1) is 11.9 Å². The van der Waals surface area contributed by atoms with Crippen molar-refractivity contribution in [1.29, 1.82) is 0 Å². The van der Waals surface area contributed by atoms with Crippen LogP contribution in [-0.2, 0) is 6.54 Å². The van der Waals surface area contributed by atoms with Crippen LogP contribution >= 0.6 is 15.9 Å². The van der Waals surface area contributed by atoms with Crippen molar-refractivity contribution < 1.29 is 4.57 Å². The Morgan fingerprint density at radius 3 is 2.45 bits per heavy atom. The van der Waals surface area contributed by atoms with E-state index >= 15 is 0 Å². The maximum absolute atomic E-state index is 4.47. The second kappa shape index (κ2) is 9.36. The summed E-state index contributed by atoms with van der Waals surface area (Å²) in [4.78, 5) is 0. The molecule has 0 aliphatic heterocycles. The first kappa shape index (κ1) is 16.7. The van der Waals surface area contributed by atoms with Crippen LogP contribution in [0.2, 0.25) is 0 Å². The summed E-state index contributed by atoms with van der Waals surface area (Å²) in [5, 5.41) is 7.45. The number of anilines is 1. The van der Waals surface area contributed by atoms with Gasteiger partial charge in [-0.3, -0.25) is 5.01 Å². The predicted octanol–water partition coefficient (Wildman–Crippen LogP) is 4.01. The molecule has 4 heteroatoms. The number of halogens is 1. The molecule has 2 aromatic rings. The van der Waals surface area contributed by atoms with Crippen LogP contribution < -0.4 is 9.58 Å². The van der Waals surface area contributed by atoms with Gasteiger partial charge in [0.15, 0.2) is 12.4 Å². The summed E-state index contributed by atoms with van der Waals surface area (Å²) in [7, 11) is 1.96. The number of hydrogen-bond donors (Lipinski definition) is 0. The van der Waals surface area contributed by atoms with E-state index in [0.29, 0.717) is 0 Å². The maximum atomic E-state index is 4.47. The summed E-state index contributed by atoms with van der Waals surface area (Å²) in [5.74, 6) is 0. The Morgan fingerprint density at radius 1 is 1.05 bits per heavy atom. The fraction of sp³-hybridized carbons (Fsp3) is 0.333. The topological polar surface area (TPSA) is 19.5 Å². The lowest BCUT2D eigenvalue weighted by atomic mass is 10.2. The molecule has 0 atom stereocenters. The maximum Gasteiger partial charge on any atom is 0.169 e. The zero-order valence-corrected chi connectivity index (χ0v) is 14.6. The van der Waals surface area contributed by atoms with Crippen LogP contribution in [0, 0.1) is 0 Å². The van der Waals surface area contributed by atoms with Crippen molar-refractivity contribution in [2.45, 2.75) is 25.8 Å². The Morgan fingerprint density at radius 2 is 1.77 bits per heavy atom. The fourth-order valence-electron chi connectivity index (χ4n) is 2.13. The van der Waals surface area contributed by atoms with Crippen molar-refractivity contribution in [3.63, 3.8) is 0 Å². The lowest BCUT2D eigenvalue weighted by Crippen LogP contribution is -2.32. The number of benzene rings is 1. The summed E-state index contributed by atoms with van der Waals surface area (Å²) in [6.45, 7) is 1.08. The minimum atomic E-state index is 1.08. The van der Waals surface area contributed by atoms with Gasteiger partial charge in [-0.25, -0.2) is 4.57 Å². The van der Waals surface area contributed by atoms with E-state index < -0.39 is 0 Å². The van der Waals surface area contributed by atoms with Gasteiger partial charge in [0.2, 0.25) is 0 Å². The van der Waals surface area contributed by atoms with Gasteiger partial charge in [-0.2, -0.15) is 5.10 Å². The van der Waals surface area contributed by atoms with Crippen LogP contribution in [0.1, 0.15) is 24.8 Å². The van der Waals surface area contributed by atoms with Gasteiger partial charge < -0.3 is 0 Å². The van der Waals surface area contributed by atoms with Crippen molar-refractivity contribution in [2.24, 2.45) is 5.10 Å². The molecule has 0 fully saturated rings. The van der Waals surface area contributed by atoms with Gasteiger partial charge >= 0.3 is 0 Å². The third-order valence-corrected chi connectivity index (χ3v) is 4.04. The number of hydrogen-bond acceptors (Lipinski definition) is 2. The van der Waals surface area contributed by atoms with Crippen LogP contribution in [0.3, 0.4) is 0 Å². The van der Waals surface area contributed by atoms with Crippen molar-refractivity contribution in [3.8, 4) is 0 Å². The number of hydrazone groups is 1. The molecule has 22 heavy (non-hydrogen) atoms. The zero-order chi connectivity index (χ0) is 15.6. The molecule has 0 spiro atoms. The SMILES string of the molecule is CN(/N=C/c1cc[n+](CCCCCBr)cc1)c1ccccc1. The molecule has 0 saturated heterocycles. The van der Waals surface area contributed by atoms with Crippen LogP contribution in [0.25, 0.3) is 0 Å². The van der Waals surface area contributed by atoms with Gasteiger partial charge in [0, 0.05) is 36.5 Å². The Bertz CT molecular complexity index is 567. The summed E-state index contributed by atoms with van der Waals surface area (Å²) >= 11 is 3.47. The second-order valence-electron chi connectivity index (χ2n) is 5.22. The van der Waals surface area contributed by atoms with E-state index in [0.717, 1.165) is 23.1 Å². The minimum absolute atomic E-state index is 1.08. The monoisotopic (exact) mass is 360 g/mol. The van der Waals surface area contributed by atoms with E-state index in [2.05, 4.69) is 50.1 Å². The number of rotatable bonds is 8. The first-order valence-electron chi connectivity index (χ1n) is 7.67. The lowest BCUT2D eigenvalue weighted by Gasteiger charge is -2.11. The first-order valence-corrected chi connectivity index (χ1v) is 8.79. The molecule has 0 amide bonds. The average molecular weight is 361 g/mol. The van der Waals surface area contributed by atoms with Crippen LogP contribution in [-0.4, -0.2) is 18.6 Å². The summed E-state index contributed by atoms with van der Waals surface area (Å²) in [6.07, 6.45) is 9.87. The smallest absolute Gasteiger partial charge is 0.169 e. The molecule has 1 aromatic carbocycles. The molecular formula is C18H23BrN3+. The lowest BCUT2D eigenvalue weighted by molar-refractivity contribution is -0.697. The molecule has 0 N–H and O–H groups in total. The molecule has 116 valence electrons. The summed E-state index contributed by atoms with van der Waals surface area (Å²) < 4.78 is 2.23. The fourth-order valence-corrected chi connectivity index (χ4v) is 2.53. The molecule has 0 aliphatic rings. The molecular weight excluding hydrogens is 338 g/mol. The molecule has 0 bridgehead atoms. The molecule has 0 radical (unpaired) electrons. The van der Waals surface area contributed by atoms with Crippen molar-refractivity contribution in [3.05, 3.63) is 60.4 Å². The van der Waals surface area contributed by atoms with Gasteiger partial charge in [-0.05, 0) is 25.0 Å². The highest BCUT2D eigenvalue weighted by molar-refractivity contribution is 9.09. The van der Waals surface area contributed by atoms with E-state index in [1.807, 2.05) is 48.6 Å². The molecule has 0 unspecified atom stereocenters. The normalized spacial score (nSPS) is 11.0. The summed E-state index contributed by atoms with van der Waals surface area (Å²) in [6, 6.07) is 14.3. The highest BCUT2D eigenvalue weighted by Gasteiger charge is 2.00. The third-order valence-electron chi connectivity index (χ3n) is 3.48. The minimum Gasteiger partial charge on any atom is -0.269 e. The Labute approximate surface area is 141 Å². The van der Waals surface area contributed by atoms with E-state index in [9.17, 15) is 0 Å². The number of pyridine rings is 1. The molecule has 0 aliphatic carbocycles. The molecule has 1 aromatic heterocycles. The molecule has 0 saturated carbocycles. The number of nitrogens with zero attached hydrogens (tertiary/aromatic N) is 3. The highest BCUT2D eigenvalue weighted by atomic mass is 79.9. The Hall–Kier alpha value is -1.68. The second-order valence-corrected chi connectivity index (χ2v) is 6.02. The standard InChI is InChI=1S/C18H23BrN3/c1-21(18-8-4-2-5-9-18)20-16-17-10-14-22(15-11-17)13-7-3-6-12-19/h2,4-5,8-11,14-16H,3,6-7,12-13H2,1H3/q+1. The number of aryl methyl sites for hydroxylation is 1. The van der Waals surface area contributed by atoms with E-state index in [-0.39, 0.29) is 0 Å². The molecule has 3 nitrogen and oxygen atoms in total. The Kier molecular flexibility index (Phi) is 7.10. The quantitative estimate of drug-likeness (QED) is 0.229. The number of aromatic nitrogens is 1. The van der Waals surface area contributed by atoms with E-state index in [4.69, 9.17) is 0 Å². The van der Waals surface area contributed by atoms with E-state index in [1.54, 1.807) is 0 Å². The number of para-hydroxylation sites is 1. The average Bonchev–Trinajstić information content (AvgIpc) is 2.58. The number of alkyl halides is 1. The van der Waals surface area contributed by atoms with Gasteiger partial charge in [0.1, 0.15) is 6.54 Å². The Balaban J connectivity index is 1.86. The van der Waals surface area contributed by atoms with Gasteiger partial charge in [-0.1, -0.05) is 34.1 Å². The zero-order valence-electron chi connectivity index (χ0n) is 13.0. The third kappa shape index (κ3) is 5.60. The van der Waals surface area contributed by atoms with E-state index in [1.165, 1.54) is 19.3 Å². The molecule has 1 heterocycles. The molecule has 2 rings (SSSR count). The van der Waals surface area contributed by atoms with Crippen molar-refractivity contribution >= 4 is 27.8 Å². The largest absolute Gasteiger partial charge is 0.269 e. The van der Waals surface area contributed by atoms with Crippen LogP contribution in [0.4, 0.5) is 5.69 Å². The highest BCUT2D eigenvalue weighted by Crippen LogP contribution is 2.10.